The van der Waals surface area contributed by atoms with Gasteiger partial charge in [0.05, 0.1) is 12.2 Å². The number of hydrogen-bond donors (Lipinski definition) is 1. The maximum Gasteiger partial charge on any atom is 0.491 e. The van der Waals surface area contributed by atoms with Gasteiger partial charge in [-0.05, 0) is 24.6 Å². The molecule has 0 fully saturated rings. The molecule has 0 saturated heterocycles. The number of carbonyl (C=O) groups excluding carboxylic acids is 3. The molecule has 1 aliphatic heterocycles. The van der Waals surface area contributed by atoms with Gasteiger partial charge in [0, 0.05) is 17.1 Å². The van der Waals surface area contributed by atoms with Crippen LogP contribution >= 0.6 is 11.6 Å². The van der Waals surface area contributed by atoms with Crippen LogP contribution in [0.3, 0.4) is 0 Å². The van der Waals surface area contributed by atoms with Crippen molar-refractivity contribution in [1.82, 2.24) is 4.90 Å². The molecule has 1 aromatic carbocycles. The lowest BCUT2D eigenvalue weighted by molar-refractivity contribution is -0.229. The Balaban J connectivity index is 2.68. The maximum atomic E-state index is 13.2. The van der Waals surface area contributed by atoms with E-state index in [1.807, 2.05) is 0 Å². The lowest BCUT2D eigenvalue weighted by Gasteiger charge is -2.35. The predicted molar refractivity (Wildman–Crippen MR) is 84.5 cm³/mol. The van der Waals surface area contributed by atoms with Crippen LogP contribution in [0.2, 0.25) is 5.02 Å². The summed E-state index contributed by atoms with van der Waals surface area (Å²) >= 11 is 5.79. The third kappa shape index (κ3) is 3.82. The first-order valence-electron chi connectivity index (χ1n) is 7.41. The molecule has 140 valence electrons. The molecule has 0 saturated carbocycles. The first-order chi connectivity index (χ1) is 12.1. The highest BCUT2D eigenvalue weighted by Crippen LogP contribution is 2.41. The van der Waals surface area contributed by atoms with Crippen LogP contribution in [0.5, 0.6) is 0 Å². The minimum atomic E-state index is -5.13. The van der Waals surface area contributed by atoms with Crippen molar-refractivity contribution in [3.63, 3.8) is 0 Å². The Morgan fingerprint density at radius 3 is 2.31 bits per heavy atom. The highest BCUT2D eigenvalue weighted by Gasteiger charge is 2.52. The smallest absolute Gasteiger partial charge is 0.463 e. The topological polar surface area (TPSA) is 89.7 Å². The van der Waals surface area contributed by atoms with Crippen molar-refractivity contribution in [2.45, 2.75) is 19.1 Å². The standard InChI is InChI=1S/C16H14ClF3N2O4/c1-2-26-15(25)10-7-22(16(18,19)20)14(24)12(13(21)23)11(10)8-3-5-9(17)6-4-8/h3-7,11-12H,2H2,1H3,(H2,21,23). The van der Waals surface area contributed by atoms with Crippen molar-refractivity contribution in [3.8, 4) is 0 Å². The van der Waals surface area contributed by atoms with Crippen LogP contribution < -0.4 is 5.73 Å². The molecule has 6 nitrogen and oxygen atoms in total. The Morgan fingerprint density at radius 1 is 1.27 bits per heavy atom. The summed E-state index contributed by atoms with van der Waals surface area (Å²) in [5, 5.41) is 0.324. The summed E-state index contributed by atoms with van der Waals surface area (Å²) < 4.78 is 44.3. The van der Waals surface area contributed by atoms with Gasteiger partial charge in [0.15, 0.2) is 0 Å². The van der Waals surface area contributed by atoms with E-state index in [0.29, 0.717) is 11.2 Å². The van der Waals surface area contributed by atoms with E-state index in [1.54, 1.807) is 0 Å². The van der Waals surface area contributed by atoms with E-state index in [9.17, 15) is 27.6 Å². The molecule has 2 amide bonds. The number of primary amides is 1. The lowest BCUT2D eigenvalue weighted by atomic mass is 9.77. The van der Waals surface area contributed by atoms with Gasteiger partial charge in [-0.3, -0.25) is 9.59 Å². The molecule has 0 radical (unpaired) electrons. The van der Waals surface area contributed by atoms with E-state index in [2.05, 4.69) is 0 Å². The molecule has 2 unspecified atom stereocenters. The van der Waals surface area contributed by atoms with Gasteiger partial charge in [-0.15, -0.1) is 13.2 Å². The fraction of sp³-hybridized carbons (Fsp3) is 0.312. The molecule has 2 N–H and O–H groups in total. The largest absolute Gasteiger partial charge is 0.491 e. The highest BCUT2D eigenvalue weighted by atomic mass is 35.5. The van der Waals surface area contributed by atoms with Crippen molar-refractivity contribution in [2.24, 2.45) is 11.7 Å². The van der Waals surface area contributed by atoms with E-state index < -0.39 is 46.4 Å². The average molecular weight is 391 g/mol. The number of amides is 2. The van der Waals surface area contributed by atoms with Gasteiger partial charge in [-0.1, -0.05) is 23.7 Å². The Bertz CT molecular complexity index is 762. The Hall–Kier alpha value is -2.55. The van der Waals surface area contributed by atoms with Crippen molar-refractivity contribution in [3.05, 3.63) is 46.6 Å². The highest BCUT2D eigenvalue weighted by molar-refractivity contribution is 6.30. The predicted octanol–water partition coefficient (Wildman–Crippen LogP) is 2.33. The SMILES string of the molecule is CCOC(=O)C1=CN(C(F)(F)F)C(=O)C(C(N)=O)C1c1ccc(Cl)cc1. The van der Waals surface area contributed by atoms with Gasteiger partial charge in [0.25, 0.3) is 0 Å². The minimum Gasteiger partial charge on any atom is -0.463 e. The second-order valence-electron chi connectivity index (χ2n) is 5.39. The molecule has 2 atom stereocenters. The summed E-state index contributed by atoms with van der Waals surface area (Å²) in [6.45, 7) is 1.36. The van der Waals surface area contributed by atoms with E-state index >= 15 is 0 Å². The molecule has 1 heterocycles. The fourth-order valence-corrected chi connectivity index (χ4v) is 2.80. The van der Waals surface area contributed by atoms with Gasteiger partial charge in [-0.2, -0.15) is 0 Å². The lowest BCUT2D eigenvalue weighted by Crippen LogP contribution is -2.52. The molecule has 1 aliphatic rings. The first-order valence-corrected chi connectivity index (χ1v) is 7.79. The van der Waals surface area contributed by atoms with Crippen molar-refractivity contribution in [2.75, 3.05) is 6.61 Å². The molecule has 10 heteroatoms. The molecule has 0 aromatic heterocycles. The third-order valence-corrected chi connectivity index (χ3v) is 4.01. The van der Waals surface area contributed by atoms with Gasteiger partial charge in [0.1, 0.15) is 5.92 Å². The normalized spacial score (nSPS) is 20.6. The number of hydrogen-bond acceptors (Lipinski definition) is 4. The number of benzene rings is 1. The first kappa shape index (κ1) is 19.8. The molecule has 0 aliphatic carbocycles. The zero-order chi connectivity index (χ0) is 19.6. The molecule has 0 spiro atoms. The number of nitrogens with zero attached hydrogens (tertiary/aromatic N) is 1. The van der Waals surface area contributed by atoms with Gasteiger partial charge in [-0.25, -0.2) is 9.69 Å². The Labute approximate surface area is 151 Å². The van der Waals surface area contributed by atoms with Crippen LogP contribution in [0.15, 0.2) is 36.0 Å². The van der Waals surface area contributed by atoms with Crippen LogP contribution in [0, 0.1) is 5.92 Å². The van der Waals surface area contributed by atoms with E-state index in [4.69, 9.17) is 22.1 Å². The van der Waals surface area contributed by atoms with Crippen molar-refractivity contribution < 1.29 is 32.3 Å². The summed E-state index contributed by atoms with van der Waals surface area (Å²) in [5.74, 6) is -7.20. The maximum absolute atomic E-state index is 13.2. The fourth-order valence-electron chi connectivity index (χ4n) is 2.68. The number of rotatable bonds is 4. The number of nitrogens with two attached hydrogens (primary N) is 1. The zero-order valence-corrected chi connectivity index (χ0v) is 14.2. The summed E-state index contributed by atoms with van der Waals surface area (Å²) in [6, 6.07) is 5.62. The van der Waals surface area contributed by atoms with Crippen LogP contribution in [0.1, 0.15) is 18.4 Å². The Morgan fingerprint density at radius 2 is 1.85 bits per heavy atom. The number of carbonyl (C=O) groups is 3. The molecular weight excluding hydrogens is 377 g/mol. The minimum absolute atomic E-state index is 0.106. The van der Waals surface area contributed by atoms with Crippen LogP contribution in [0.25, 0.3) is 0 Å². The van der Waals surface area contributed by atoms with E-state index in [-0.39, 0.29) is 12.2 Å². The molecule has 0 bridgehead atoms. The van der Waals surface area contributed by atoms with Crippen molar-refractivity contribution >= 4 is 29.4 Å². The van der Waals surface area contributed by atoms with E-state index in [0.717, 1.165) is 0 Å². The second kappa shape index (κ2) is 7.36. The van der Waals surface area contributed by atoms with Gasteiger partial charge in [0.2, 0.25) is 11.8 Å². The zero-order valence-electron chi connectivity index (χ0n) is 13.4. The second-order valence-corrected chi connectivity index (χ2v) is 5.83. The van der Waals surface area contributed by atoms with Crippen molar-refractivity contribution in [1.29, 1.82) is 0 Å². The van der Waals surface area contributed by atoms with Crippen LogP contribution in [0.4, 0.5) is 13.2 Å². The van der Waals surface area contributed by atoms with Crippen LogP contribution in [-0.2, 0) is 19.1 Å². The van der Waals surface area contributed by atoms with E-state index in [1.165, 1.54) is 31.2 Å². The molecule has 26 heavy (non-hydrogen) atoms. The monoisotopic (exact) mass is 390 g/mol. The quantitative estimate of drug-likeness (QED) is 0.485. The molecule has 2 rings (SSSR count). The Kier molecular flexibility index (Phi) is 5.60. The summed E-state index contributed by atoms with van der Waals surface area (Å²) in [5.41, 5.74) is 4.92. The number of ether oxygens (including phenoxy) is 1. The van der Waals surface area contributed by atoms with Crippen LogP contribution in [-0.4, -0.2) is 35.6 Å². The number of halogens is 4. The third-order valence-electron chi connectivity index (χ3n) is 3.76. The van der Waals surface area contributed by atoms with Gasteiger partial charge >= 0.3 is 12.3 Å². The average Bonchev–Trinajstić information content (AvgIpc) is 2.53. The van der Waals surface area contributed by atoms with Gasteiger partial charge < -0.3 is 10.5 Å². The summed E-state index contributed by atoms with van der Waals surface area (Å²) in [4.78, 5) is 35.7. The number of alkyl halides is 3. The summed E-state index contributed by atoms with van der Waals surface area (Å²) in [7, 11) is 0. The molecule has 1 aromatic rings. The number of esters is 1. The summed E-state index contributed by atoms with van der Waals surface area (Å²) in [6.07, 6.45) is -4.79. The molecular formula is C16H14ClF3N2O4.